The van der Waals surface area contributed by atoms with E-state index in [1.807, 2.05) is 23.2 Å². The number of hydrogen-bond acceptors (Lipinski definition) is 4. The van der Waals surface area contributed by atoms with Crippen molar-refractivity contribution in [2.75, 3.05) is 44.2 Å². The molecular weight excluding hydrogens is 326 g/mol. The van der Waals surface area contributed by atoms with Gasteiger partial charge >= 0.3 is 6.03 Å². The number of aromatic nitrogens is 1. The first-order valence-electron chi connectivity index (χ1n) is 10.2. The van der Waals surface area contributed by atoms with Gasteiger partial charge in [0.05, 0.1) is 0 Å². The number of likely N-dealkylation sites (tertiary alicyclic amines) is 1. The number of pyridine rings is 1. The standard InChI is InChI=1S/C20H31N5O/c26-20(22-17-7-3-1-2-4-8-17)25-15-18(16-25)23-11-13-24(14-12-23)19-9-5-6-10-21-19/h5-6,9-10,17-18H,1-4,7-8,11-16H2,(H,22,26). The number of nitrogens with zero attached hydrogens (tertiary/aromatic N) is 4. The average Bonchev–Trinajstić information content (AvgIpc) is 2.90. The summed E-state index contributed by atoms with van der Waals surface area (Å²) in [5.74, 6) is 1.07. The lowest BCUT2D eigenvalue weighted by Crippen LogP contribution is -2.66. The highest BCUT2D eigenvalue weighted by Crippen LogP contribution is 2.21. The molecule has 0 bridgehead atoms. The molecule has 1 aliphatic carbocycles. The topological polar surface area (TPSA) is 51.7 Å². The van der Waals surface area contributed by atoms with E-state index in [0.29, 0.717) is 12.1 Å². The maximum atomic E-state index is 12.5. The first kappa shape index (κ1) is 17.6. The van der Waals surface area contributed by atoms with Gasteiger partial charge in [-0.15, -0.1) is 0 Å². The molecule has 0 aromatic carbocycles. The van der Waals surface area contributed by atoms with Crippen LogP contribution < -0.4 is 10.2 Å². The molecule has 3 heterocycles. The maximum absolute atomic E-state index is 12.5. The lowest BCUT2D eigenvalue weighted by atomic mass is 10.1. The van der Waals surface area contributed by atoms with Crippen LogP contribution in [-0.2, 0) is 0 Å². The molecule has 1 aromatic heterocycles. The van der Waals surface area contributed by atoms with Gasteiger partial charge in [0.1, 0.15) is 5.82 Å². The molecule has 2 amide bonds. The van der Waals surface area contributed by atoms with Crippen molar-refractivity contribution < 1.29 is 4.79 Å². The molecular formula is C20H31N5O. The summed E-state index contributed by atoms with van der Waals surface area (Å²) in [6, 6.07) is 7.17. The molecule has 0 radical (unpaired) electrons. The molecule has 3 aliphatic rings. The molecule has 6 nitrogen and oxygen atoms in total. The maximum Gasteiger partial charge on any atom is 0.317 e. The molecule has 26 heavy (non-hydrogen) atoms. The van der Waals surface area contributed by atoms with E-state index in [-0.39, 0.29) is 6.03 Å². The molecule has 0 atom stereocenters. The Morgan fingerprint density at radius 1 is 1.00 bits per heavy atom. The molecule has 1 saturated carbocycles. The second-order valence-corrected chi connectivity index (χ2v) is 7.91. The minimum Gasteiger partial charge on any atom is -0.354 e. The van der Waals surface area contributed by atoms with Gasteiger partial charge in [0, 0.05) is 57.5 Å². The van der Waals surface area contributed by atoms with Crippen molar-refractivity contribution in [1.82, 2.24) is 20.1 Å². The highest BCUT2D eigenvalue weighted by Gasteiger charge is 2.36. The lowest BCUT2D eigenvalue weighted by molar-refractivity contribution is 0.0519. The summed E-state index contributed by atoms with van der Waals surface area (Å²) in [6.45, 7) is 5.90. The van der Waals surface area contributed by atoms with Crippen LogP contribution in [0.25, 0.3) is 0 Å². The summed E-state index contributed by atoms with van der Waals surface area (Å²) < 4.78 is 0. The summed E-state index contributed by atoms with van der Waals surface area (Å²) in [4.78, 5) is 23.8. The van der Waals surface area contributed by atoms with Crippen LogP contribution in [0.15, 0.2) is 24.4 Å². The Morgan fingerprint density at radius 2 is 1.73 bits per heavy atom. The van der Waals surface area contributed by atoms with Crippen LogP contribution in [0, 0.1) is 0 Å². The molecule has 1 N–H and O–H groups in total. The Morgan fingerprint density at radius 3 is 2.38 bits per heavy atom. The minimum absolute atomic E-state index is 0.153. The minimum atomic E-state index is 0.153. The number of carbonyl (C=O) groups excluding carboxylic acids is 1. The number of nitrogens with one attached hydrogen (secondary N) is 1. The number of hydrogen-bond donors (Lipinski definition) is 1. The van der Waals surface area contributed by atoms with Gasteiger partial charge in [-0.1, -0.05) is 31.7 Å². The van der Waals surface area contributed by atoms with Crippen molar-refractivity contribution in [1.29, 1.82) is 0 Å². The monoisotopic (exact) mass is 357 g/mol. The fourth-order valence-electron chi connectivity index (χ4n) is 4.40. The molecule has 6 heteroatoms. The predicted molar refractivity (Wildman–Crippen MR) is 103 cm³/mol. The van der Waals surface area contributed by atoms with Crippen molar-refractivity contribution in [2.24, 2.45) is 0 Å². The molecule has 4 rings (SSSR count). The Kier molecular flexibility index (Phi) is 5.58. The van der Waals surface area contributed by atoms with E-state index in [1.165, 1.54) is 25.7 Å². The average molecular weight is 358 g/mol. The third-order valence-corrected chi connectivity index (χ3v) is 6.14. The second kappa shape index (κ2) is 8.25. The largest absolute Gasteiger partial charge is 0.354 e. The van der Waals surface area contributed by atoms with E-state index in [0.717, 1.165) is 57.9 Å². The number of amides is 2. The third kappa shape index (κ3) is 4.11. The van der Waals surface area contributed by atoms with Crippen LogP contribution in [0.3, 0.4) is 0 Å². The van der Waals surface area contributed by atoms with Crippen LogP contribution in [-0.4, -0.2) is 72.2 Å². The number of rotatable bonds is 3. The van der Waals surface area contributed by atoms with Gasteiger partial charge in [0.15, 0.2) is 0 Å². The summed E-state index contributed by atoms with van der Waals surface area (Å²) >= 11 is 0. The fraction of sp³-hybridized carbons (Fsp3) is 0.700. The van der Waals surface area contributed by atoms with Crippen molar-refractivity contribution in [3.05, 3.63) is 24.4 Å². The number of carbonyl (C=O) groups is 1. The first-order chi connectivity index (χ1) is 12.8. The molecule has 3 fully saturated rings. The number of piperazine rings is 1. The fourth-order valence-corrected chi connectivity index (χ4v) is 4.40. The molecule has 2 saturated heterocycles. The van der Waals surface area contributed by atoms with Crippen molar-refractivity contribution in [3.63, 3.8) is 0 Å². The third-order valence-electron chi connectivity index (χ3n) is 6.14. The van der Waals surface area contributed by atoms with E-state index in [1.54, 1.807) is 0 Å². The highest BCUT2D eigenvalue weighted by atomic mass is 16.2. The van der Waals surface area contributed by atoms with Gasteiger partial charge < -0.3 is 15.1 Å². The zero-order valence-electron chi connectivity index (χ0n) is 15.6. The Bertz CT molecular complexity index is 573. The summed E-state index contributed by atoms with van der Waals surface area (Å²) in [5.41, 5.74) is 0. The van der Waals surface area contributed by atoms with Crippen molar-refractivity contribution >= 4 is 11.8 Å². The Labute approximate surface area is 156 Å². The zero-order valence-corrected chi connectivity index (χ0v) is 15.6. The Balaban J connectivity index is 1.19. The van der Waals surface area contributed by atoms with Gasteiger partial charge in [-0.2, -0.15) is 0 Å². The van der Waals surface area contributed by atoms with Crippen LogP contribution in [0.5, 0.6) is 0 Å². The quantitative estimate of drug-likeness (QED) is 0.844. The molecule has 142 valence electrons. The number of urea groups is 1. The van der Waals surface area contributed by atoms with Gasteiger partial charge in [-0.25, -0.2) is 9.78 Å². The second-order valence-electron chi connectivity index (χ2n) is 7.91. The zero-order chi connectivity index (χ0) is 17.8. The summed E-state index contributed by atoms with van der Waals surface area (Å²) in [7, 11) is 0. The smallest absolute Gasteiger partial charge is 0.317 e. The van der Waals surface area contributed by atoms with Gasteiger partial charge in [-0.3, -0.25) is 4.90 Å². The van der Waals surface area contributed by atoms with Crippen LogP contribution >= 0.6 is 0 Å². The van der Waals surface area contributed by atoms with E-state index in [2.05, 4.69) is 26.2 Å². The molecule has 2 aliphatic heterocycles. The predicted octanol–water partition coefficient (Wildman–Crippen LogP) is 2.32. The van der Waals surface area contributed by atoms with E-state index in [9.17, 15) is 4.79 Å². The van der Waals surface area contributed by atoms with E-state index < -0.39 is 0 Å². The van der Waals surface area contributed by atoms with E-state index >= 15 is 0 Å². The Hall–Kier alpha value is -1.82. The van der Waals surface area contributed by atoms with Crippen LogP contribution in [0.2, 0.25) is 0 Å². The van der Waals surface area contributed by atoms with Crippen molar-refractivity contribution in [3.8, 4) is 0 Å². The summed E-state index contributed by atoms with van der Waals surface area (Å²) in [5, 5.41) is 3.26. The summed E-state index contributed by atoms with van der Waals surface area (Å²) in [6.07, 6.45) is 9.32. The highest BCUT2D eigenvalue weighted by molar-refractivity contribution is 5.75. The molecule has 0 unspecified atom stereocenters. The van der Waals surface area contributed by atoms with Crippen molar-refractivity contribution in [2.45, 2.75) is 50.6 Å². The lowest BCUT2D eigenvalue weighted by Gasteiger charge is -2.48. The normalized spacial score (nSPS) is 23.4. The van der Waals surface area contributed by atoms with Crippen LogP contribution in [0.4, 0.5) is 10.6 Å². The van der Waals surface area contributed by atoms with E-state index in [4.69, 9.17) is 0 Å². The number of anilines is 1. The van der Waals surface area contributed by atoms with Gasteiger partial charge in [0.2, 0.25) is 0 Å². The van der Waals surface area contributed by atoms with Gasteiger partial charge in [0.25, 0.3) is 0 Å². The van der Waals surface area contributed by atoms with Gasteiger partial charge in [-0.05, 0) is 25.0 Å². The first-order valence-corrected chi connectivity index (χ1v) is 10.2. The SMILES string of the molecule is O=C(NC1CCCCCC1)N1CC(N2CCN(c3ccccn3)CC2)C1. The molecule has 0 spiro atoms. The molecule has 1 aromatic rings. The van der Waals surface area contributed by atoms with Crippen LogP contribution in [0.1, 0.15) is 38.5 Å².